The van der Waals surface area contributed by atoms with Gasteiger partial charge in [0.1, 0.15) is 11.9 Å². The zero-order valence-electron chi connectivity index (χ0n) is 16.4. The topological polar surface area (TPSA) is 85.3 Å². The van der Waals surface area contributed by atoms with E-state index in [1.54, 1.807) is 12.3 Å². The molecule has 0 spiro atoms. The molecule has 1 aliphatic carbocycles. The van der Waals surface area contributed by atoms with Crippen LogP contribution in [0.25, 0.3) is 11.0 Å². The molecule has 2 fully saturated rings. The number of furan rings is 1. The predicted octanol–water partition coefficient (Wildman–Crippen LogP) is 4.42. The fourth-order valence-electron chi connectivity index (χ4n) is 4.62. The van der Waals surface area contributed by atoms with Gasteiger partial charge in [0.2, 0.25) is 5.76 Å². The van der Waals surface area contributed by atoms with Gasteiger partial charge in [-0.25, -0.2) is 4.98 Å². The second-order valence-electron chi connectivity index (χ2n) is 8.77. The van der Waals surface area contributed by atoms with Crippen LogP contribution in [-0.4, -0.2) is 45.3 Å². The van der Waals surface area contributed by atoms with Gasteiger partial charge in [-0.15, -0.1) is 0 Å². The van der Waals surface area contributed by atoms with Crippen LogP contribution in [0.2, 0.25) is 0 Å². The van der Waals surface area contributed by atoms with Crippen molar-refractivity contribution in [3.63, 3.8) is 0 Å². The number of halogens is 1. The van der Waals surface area contributed by atoms with Crippen LogP contribution in [0.1, 0.15) is 58.1 Å². The van der Waals surface area contributed by atoms with E-state index in [2.05, 4.69) is 31.1 Å². The smallest absolute Gasteiger partial charge is 0.204 e. The average molecular weight is 447 g/mol. The third-order valence-corrected chi connectivity index (χ3v) is 6.86. The lowest BCUT2D eigenvalue weighted by Crippen LogP contribution is -2.56. The molecule has 4 rings (SSSR count). The van der Waals surface area contributed by atoms with E-state index in [0.717, 1.165) is 41.5 Å². The van der Waals surface area contributed by atoms with Gasteiger partial charge in [-0.1, -0.05) is 0 Å². The Hall–Kier alpha value is -1.62. The van der Waals surface area contributed by atoms with Gasteiger partial charge >= 0.3 is 0 Å². The maximum Gasteiger partial charge on any atom is 0.204 e. The van der Waals surface area contributed by atoms with Crippen LogP contribution in [0.4, 0.5) is 5.82 Å². The van der Waals surface area contributed by atoms with E-state index in [-0.39, 0.29) is 0 Å². The fraction of sp³-hybridized carbons (Fsp3) is 0.619. The Morgan fingerprint density at radius 3 is 2.71 bits per heavy atom. The molecule has 3 heterocycles. The third kappa shape index (κ3) is 4.05. The number of rotatable bonds is 5. The molecule has 7 heteroatoms. The van der Waals surface area contributed by atoms with E-state index in [1.807, 2.05) is 19.9 Å². The largest absolute Gasteiger partial charge is 0.444 e. The van der Waals surface area contributed by atoms with Gasteiger partial charge in [0, 0.05) is 36.1 Å². The van der Waals surface area contributed by atoms with E-state index in [9.17, 15) is 5.11 Å². The summed E-state index contributed by atoms with van der Waals surface area (Å²) in [4.78, 5) is 7.08. The van der Waals surface area contributed by atoms with E-state index in [4.69, 9.17) is 9.68 Å². The maximum atomic E-state index is 10.1. The molecule has 1 saturated heterocycles. The summed E-state index contributed by atoms with van der Waals surface area (Å²) in [5, 5.41) is 23.6. The summed E-state index contributed by atoms with van der Waals surface area (Å²) in [6.07, 6.45) is 8.30. The monoisotopic (exact) mass is 446 g/mol. The Labute approximate surface area is 174 Å². The third-order valence-electron chi connectivity index (χ3n) is 6.06. The highest BCUT2D eigenvalue weighted by Crippen LogP contribution is 2.36. The molecule has 2 aromatic heterocycles. The fourth-order valence-corrected chi connectivity index (χ4v) is 5.14. The number of hydrogen-bond donors (Lipinski definition) is 2. The van der Waals surface area contributed by atoms with Gasteiger partial charge in [0.05, 0.1) is 16.3 Å². The lowest BCUT2D eigenvalue weighted by molar-refractivity contribution is -0.0327. The number of hydrogen-bond acceptors (Lipinski definition) is 6. The van der Waals surface area contributed by atoms with E-state index in [0.29, 0.717) is 29.5 Å². The lowest BCUT2D eigenvalue weighted by Gasteiger charge is -2.50. The Morgan fingerprint density at radius 2 is 2.11 bits per heavy atom. The van der Waals surface area contributed by atoms with Crippen molar-refractivity contribution in [1.29, 1.82) is 5.26 Å². The molecule has 1 atom stereocenters. The van der Waals surface area contributed by atoms with Crippen molar-refractivity contribution in [3.05, 3.63) is 22.5 Å². The highest BCUT2D eigenvalue weighted by atomic mass is 79.9. The highest BCUT2D eigenvalue weighted by Gasteiger charge is 2.38. The Balaban J connectivity index is 1.35. The summed E-state index contributed by atoms with van der Waals surface area (Å²) >= 11 is 3.62. The first kappa shape index (κ1) is 19.7. The van der Waals surface area contributed by atoms with Crippen LogP contribution in [0.3, 0.4) is 0 Å². The first-order chi connectivity index (χ1) is 13.3. The summed E-state index contributed by atoms with van der Waals surface area (Å²) in [6.45, 7) is 4.98. The number of likely N-dealkylation sites (tertiary alicyclic amines) is 1. The summed E-state index contributed by atoms with van der Waals surface area (Å²) in [5.74, 6) is 1.11. The summed E-state index contributed by atoms with van der Waals surface area (Å²) in [7, 11) is 0. The Morgan fingerprint density at radius 1 is 1.36 bits per heavy atom. The minimum Gasteiger partial charge on any atom is -0.444 e. The molecule has 0 aromatic carbocycles. The van der Waals surface area contributed by atoms with Crippen LogP contribution in [0, 0.1) is 11.3 Å². The van der Waals surface area contributed by atoms with Gasteiger partial charge < -0.3 is 14.8 Å². The second kappa shape index (κ2) is 7.66. The maximum absolute atomic E-state index is 10.1. The molecule has 0 bridgehead atoms. The minimum atomic E-state index is -0.586. The first-order valence-electron chi connectivity index (χ1n) is 10.1. The van der Waals surface area contributed by atoms with Crippen LogP contribution in [0.15, 0.2) is 21.2 Å². The van der Waals surface area contributed by atoms with Crippen LogP contribution in [-0.2, 0) is 0 Å². The van der Waals surface area contributed by atoms with E-state index < -0.39 is 5.60 Å². The Bertz CT molecular complexity index is 890. The molecule has 150 valence electrons. The van der Waals surface area contributed by atoms with Gasteiger partial charge in [-0.3, -0.25) is 4.90 Å². The number of aromatic nitrogens is 1. The van der Waals surface area contributed by atoms with Gasteiger partial charge in [-0.2, -0.15) is 5.26 Å². The number of aliphatic hydroxyl groups is 1. The van der Waals surface area contributed by atoms with Crippen LogP contribution >= 0.6 is 15.9 Å². The minimum absolute atomic E-state index is 0.297. The molecule has 6 nitrogen and oxygen atoms in total. The summed E-state index contributed by atoms with van der Waals surface area (Å²) < 4.78 is 6.29. The van der Waals surface area contributed by atoms with E-state index in [1.165, 1.54) is 19.3 Å². The Kier molecular flexibility index (Phi) is 5.38. The number of nitrogens with one attached hydrogen (secondary N) is 1. The standard InChI is InChI=1S/C21H27BrN4O2/c1-21(2,27)10-15-7-8-26(15)14-5-3-13(4-6-14)25-20-19(22)17-9-16(11-23)28-18(17)12-24-20/h9,12-15,27H,3-8,10H2,1-2H3,(H,24,25). The van der Waals surface area contributed by atoms with Crippen molar-refractivity contribution < 1.29 is 9.52 Å². The molecule has 2 aliphatic rings. The zero-order chi connectivity index (χ0) is 19.9. The van der Waals surface area contributed by atoms with Gasteiger partial charge in [-0.05, 0) is 68.3 Å². The molecular weight excluding hydrogens is 420 g/mol. The van der Waals surface area contributed by atoms with Crippen molar-refractivity contribution in [3.8, 4) is 6.07 Å². The molecule has 1 unspecified atom stereocenters. The van der Waals surface area contributed by atoms with E-state index >= 15 is 0 Å². The molecule has 28 heavy (non-hydrogen) atoms. The number of anilines is 1. The summed E-state index contributed by atoms with van der Waals surface area (Å²) in [6, 6.07) is 5.34. The highest BCUT2D eigenvalue weighted by molar-refractivity contribution is 9.10. The van der Waals surface area contributed by atoms with Crippen LogP contribution < -0.4 is 5.32 Å². The number of nitriles is 1. The zero-order valence-corrected chi connectivity index (χ0v) is 18.0. The summed E-state index contributed by atoms with van der Waals surface area (Å²) in [5.41, 5.74) is 0.0327. The number of pyridine rings is 1. The quantitative estimate of drug-likeness (QED) is 0.706. The molecule has 2 aromatic rings. The normalized spacial score (nSPS) is 26.0. The van der Waals surface area contributed by atoms with Crippen molar-refractivity contribution in [2.75, 3.05) is 11.9 Å². The number of nitrogens with zero attached hydrogens (tertiary/aromatic N) is 3. The molecular formula is C21H27BrN4O2. The first-order valence-corrected chi connectivity index (χ1v) is 10.9. The van der Waals surface area contributed by atoms with Crippen molar-refractivity contribution >= 4 is 32.7 Å². The molecule has 1 aliphatic heterocycles. The molecule has 1 saturated carbocycles. The molecule has 0 amide bonds. The van der Waals surface area contributed by atoms with Gasteiger partial charge in [0.15, 0.2) is 5.58 Å². The predicted molar refractivity (Wildman–Crippen MR) is 112 cm³/mol. The number of fused-ring (bicyclic) bond motifs is 1. The average Bonchev–Trinajstić information content (AvgIpc) is 3.06. The van der Waals surface area contributed by atoms with Crippen molar-refractivity contribution in [2.24, 2.45) is 0 Å². The lowest BCUT2D eigenvalue weighted by atomic mass is 9.83. The van der Waals surface area contributed by atoms with Crippen molar-refractivity contribution in [1.82, 2.24) is 9.88 Å². The van der Waals surface area contributed by atoms with Crippen molar-refractivity contribution in [2.45, 2.75) is 76.1 Å². The second-order valence-corrected chi connectivity index (χ2v) is 9.56. The molecule has 0 radical (unpaired) electrons. The van der Waals surface area contributed by atoms with Crippen LogP contribution in [0.5, 0.6) is 0 Å². The SMILES string of the molecule is CC(C)(O)CC1CCN1C1CCC(Nc2ncc3oc(C#N)cc3c2Br)CC1. The molecule has 2 N–H and O–H groups in total. The van der Waals surface area contributed by atoms with Gasteiger partial charge in [0.25, 0.3) is 0 Å².